The van der Waals surface area contributed by atoms with Crippen molar-refractivity contribution in [3.8, 4) is 0 Å². The molecule has 4 nitrogen and oxygen atoms in total. The van der Waals surface area contributed by atoms with E-state index >= 15 is 0 Å². The van der Waals surface area contributed by atoms with Gasteiger partial charge in [0.15, 0.2) is 0 Å². The first-order chi connectivity index (χ1) is 8.99. The highest BCUT2D eigenvalue weighted by Crippen LogP contribution is 2.29. The first-order valence-corrected chi connectivity index (χ1v) is 7.77. The molecule has 1 aliphatic carbocycles. The van der Waals surface area contributed by atoms with Gasteiger partial charge in [0.1, 0.15) is 0 Å². The zero-order valence-electron chi connectivity index (χ0n) is 13.0. The molecule has 0 heterocycles. The molecule has 0 saturated heterocycles. The monoisotopic (exact) mass is 269 g/mol. The zero-order chi connectivity index (χ0) is 14.4. The lowest BCUT2D eigenvalue weighted by molar-refractivity contribution is -0.128. The van der Waals surface area contributed by atoms with E-state index < -0.39 is 0 Å². The third kappa shape index (κ3) is 4.77. The van der Waals surface area contributed by atoms with E-state index in [1.165, 1.54) is 0 Å². The highest BCUT2D eigenvalue weighted by Gasteiger charge is 2.32. The van der Waals surface area contributed by atoms with Crippen LogP contribution < -0.4 is 11.1 Å². The van der Waals surface area contributed by atoms with E-state index in [9.17, 15) is 4.79 Å². The second-order valence-electron chi connectivity index (χ2n) is 5.96. The molecule has 1 rings (SSSR count). The fourth-order valence-electron chi connectivity index (χ4n) is 3.03. The van der Waals surface area contributed by atoms with Crippen molar-refractivity contribution >= 4 is 5.91 Å². The van der Waals surface area contributed by atoms with Crippen molar-refractivity contribution in [3.63, 3.8) is 0 Å². The number of nitrogens with zero attached hydrogens (tertiary/aromatic N) is 1. The molecule has 0 aliphatic heterocycles. The quantitative estimate of drug-likeness (QED) is 0.770. The Hall–Kier alpha value is -0.610. The molecule has 0 spiro atoms. The Bertz CT molecular complexity index is 279. The average Bonchev–Trinajstić information content (AvgIpc) is 2.38. The second kappa shape index (κ2) is 7.85. The van der Waals surface area contributed by atoms with Crippen LogP contribution in [0.15, 0.2) is 0 Å². The lowest BCUT2D eigenvalue weighted by Crippen LogP contribution is -2.48. The van der Waals surface area contributed by atoms with Crippen molar-refractivity contribution in [3.05, 3.63) is 0 Å². The molecule has 3 N–H and O–H groups in total. The van der Waals surface area contributed by atoms with E-state index in [1.807, 2.05) is 0 Å². The molecule has 4 unspecified atom stereocenters. The van der Waals surface area contributed by atoms with Gasteiger partial charge in [0.25, 0.3) is 0 Å². The molecule has 1 saturated carbocycles. The van der Waals surface area contributed by atoms with Crippen LogP contribution in [0.25, 0.3) is 0 Å². The zero-order valence-corrected chi connectivity index (χ0v) is 13.0. The molecule has 1 amide bonds. The number of rotatable bonds is 6. The standard InChI is InChI=1S/C15H31N3O/c1-5-18(6-2)10-11(3)17-15(19)13-8-7-9-14(16)12(13)4/h11-14H,5-10,16H2,1-4H3,(H,17,19). The normalized spacial score (nSPS) is 29.3. The van der Waals surface area contributed by atoms with Crippen molar-refractivity contribution in [1.82, 2.24) is 10.2 Å². The Morgan fingerprint density at radius 2 is 2.00 bits per heavy atom. The van der Waals surface area contributed by atoms with E-state index in [0.29, 0.717) is 5.92 Å². The van der Waals surface area contributed by atoms with E-state index in [1.54, 1.807) is 0 Å². The van der Waals surface area contributed by atoms with E-state index in [0.717, 1.165) is 38.9 Å². The Labute approximate surface area is 118 Å². The van der Waals surface area contributed by atoms with Gasteiger partial charge in [-0.1, -0.05) is 27.2 Å². The largest absolute Gasteiger partial charge is 0.352 e. The first-order valence-electron chi connectivity index (χ1n) is 7.77. The fraction of sp³-hybridized carbons (Fsp3) is 0.933. The molecule has 0 aromatic heterocycles. The van der Waals surface area contributed by atoms with E-state index in [2.05, 4.69) is 37.9 Å². The van der Waals surface area contributed by atoms with Crippen LogP contribution in [0, 0.1) is 11.8 Å². The van der Waals surface area contributed by atoms with Gasteiger partial charge in [-0.15, -0.1) is 0 Å². The summed E-state index contributed by atoms with van der Waals surface area (Å²) in [4.78, 5) is 14.7. The number of carbonyl (C=O) groups is 1. The van der Waals surface area contributed by atoms with Gasteiger partial charge < -0.3 is 16.0 Å². The summed E-state index contributed by atoms with van der Waals surface area (Å²) in [7, 11) is 0. The summed E-state index contributed by atoms with van der Waals surface area (Å²) in [6.45, 7) is 11.5. The van der Waals surface area contributed by atoms with Crippen molar-refractivity contribution in [1.29, 1.82) is 0 Å². The van der Waals surface area contributed by atoms with Gasteiger partial charge in [-0.2, -0.15) is 0 Å². The average molecular weight is 269 g/mol. The summed E-state index contributed by atoms with van der Waals surface area (Å²) >= 11 is 0. The Kier molecular flexibility index (Phi) is 6.80. The molecule has 1 aliphatic rings. The molecule has 4 heteroatoms. The van der Waals surface area contributed by atoms with Gasteiger partial charge in [0, 0.05) is 24.5 Å². The number of nitrogens with one attached hydrogen (secondary N) is 1. The maximum atomic E-state index is 12.3. The van der Waals surface area contributed by atoms with Crippen LogP contribution in [-0.4, -0.2) is 42.5 Å². The molecule has 112 valence electrons. The van der Waals surface area contributed by atoms with Gasteiger partial charge in [0.05, 0.1) is 0 Å². The minimum Gasteiger partial charge on any atom is -0.352 e. The van der Waals surface area contributed by atoms with Crippen molar-refractivity contribution < 1.29 is 4.79 Å². The highest BCUT2D eigenvalue weighted by molar-refractivity contribution is 5.79. The van der Waals surface area contributed by atoms with Crippen LogP contribution in [0.3, 0.4) is 0 Å². The van der Waals surface area contributed by atoms with Crippen LogP contribution in [-0.2, 0) is 4.79 Å². The van der Waals surface area contributed by atoms with E-state index in [4.69, 9.17) is 5.73 Å². The molecular formula is C15H31N3O. The minimum atomic E-state index is 0.0999. The SMILES string of the molecule is CCN(CC)CC(C)NC(=O)C1CCCC(N)C1C. The summed E-state index contributed by atoms with van der Waals surface area (Å²) < 4.78 is 0. The van der Waals surface area contributed by atoms with Crippen molar-refractivity contribution in [2.24, 2.45) is 17.6 Å². The Morgan fingerprint density at radius 3 is 2.58 bits per heavy atom. The number of likely N-dealkylation sites (N-methyl/N-ethyl adjacent to an activating group) is 1. The van der Waals surface area contributed by atoms with Gasteiger partial charge in [0.2, 0.25) is 5.91 Å². The molecule has 0 aromatic rings. The molecule has 0 radical (unpaired) electrons. The van der Waals surface area contributed by atoms with Crippen LogP contribution in [0.4, 0.5) is 0 Å². The topological polar surface area (TPSA) is 58.4 Å². The van der Waals surface area contributed by atoms with Gasteiger partial charge >= 0.3 is 0 Å². The number of carbonyl (C=O) groups excluding carboxylic acids is 1. The summed E-state index contributed by atoms with van der Waals surface area (Å²) in [5.74, 6) is 0.597. The first kappa shape index (κ1) is 16.4. The highest BCUT2D eigenvalue weighted by atomic mass is 16.2. The fourth-order valence-corrected chi connectivity index (χ4v) is 3.03. The Morgan fingerprint density at radius 1 is 1.37 bits per heavy atom. The van der Waals surface area contributed by atoms with Gasteiger partial charge in [-0.3, -0.25) is 4.79 Å². The molecule has 0 aromatic carbocycles. The van der Waals surface area contributed by atoms with Crippen LogP contribution in [0.5, 0.6) is 0 Å². The Balaban J connectivity index is 2.45. The minimum absolute atomic E-state index is 0.0999. The predicted molar refractivity (Wildman–Crippen MR) is 79.9 cm³/mol. The smallest absolute Gasteiger partial charge is 0.223 e. The lowest BCUT2D eigenvalue weighted by atomic mass is 9.77. The predicted octanol–water partition coefficient (Wildman–Crippen LogP) is 1.60. The molecule has 4 atom stereocenters. The summed E-state index contributed by atoms with van der Waals surface area (Å²) in [6, 6.07) is 0.389. The summed E-state index contributed by atoms with van der Waals surface area (Å²) in [5.41, 5.74) is 6.07. The second-order valence-corrected chi connectivity index (χ2v) is 5.96. The summed E-state index contributed by atoms with van der Waals surface area (Å²) in [6.07, 6.45) is 3.12. The molecule has 1 fully saturated rings. The van der Waals surface area contributed by atoms with Crippen LogP contribution in [0.1, 0.15) is 47.0 Å². The number of amides is 1. The maximum Gasteiger partial charge on any atom is 0.223 e. The van der Waals surface area contributed by atoms with Crippen LogP contribution >= 0.6 is 0 Å². The van der Waals surface area contributed by atoms with Gasteiger partial charge in [-0.25, -0.2) is 0 Å². The van der Waals surface area contributed by atoms with Crippen LogP contribution in [0.2, 0.25) is 0 Å². The third-order valence-electron chi connectivity index (χ3n) is 4.51. The maximum absolute atomic E-state index is 12.3. The lowest BCUT2D eigenvalue weighted by Gasteiger charge is -2.34. The van der Waals surface area contributed by atoms with Crippen molar-refractivity contribution in [2.45, 2.75) is 59.0 Å². The molecular weight excluding hydrogens is 238 g/mol. The van der Waals surface area contributed by atoms with Crippen molar-refractivity contribution in [2.75, 3.05) is 19.6 Å². The number of hydrogen-bond donors (Lipinski definition) is 2. The molecule has 19 heavy (non-hydrogen) atoms. The van der Waals surface area contributed by atoms with Gasteiger partial charge in [-0.05, 0) is 38.8 Å². The third-order valence-corrected chi connectivity index (χ3v) is 4.51. The number of hydrogen-bond acceptors (Lipinski definition) is 3. The summed E-state index contributed by atoms with van der Waals surface area (Å²) in [5, 5.41) is 3.16. The molecule has 0 bridgehead atoms. The number of nitrogens with two attached hydrogens (primary N) is 1. The van der Waals surface area contributed by atoms with E-state index in [-0.39, 0.29) is 23.9 Å².